The van der Waals surface area contributed by atoms with Crippen LogP contribution in [0.3, 0.4) is 0 Å². The van der Waals surface area contributed by atoms with E-state index in [1.54, 1.807) is 12.1 Å². The lowest BCUT2D eigenvalue weighted by Gasteiger charge is -2.18. The standard InChI is InChI=1S/C12H16Cl2O/c1-12(2,3)5-4-8-6-9(13)11(15)10(14)7-8/h6-7,15H,4-5H2,1-3H3. The number of aryl methyl sites for hydroxylation is 1. The van der Waals surface area contributed by atoms with Crippen molar-refractivity contribution in [2.45, 2.75) is 33.6 Å². The summed E-state index contributed by atoms with van der Waals surface area (Å²) in [6, 6.07) is 3.54. The molecule has 1 rings (SSSR count). The molecule has 0 heterocycles. The summed E-state index contributed by atoms with van der Waals surface area (Å²) in [6.07, 6.45) is 1.98. The minimum Gasteiger partial charge on any atom is -0.505 e. The van der Waals surface area contributed by atoms with E-state index in [9.17, 15) is 5.11 Å². The lowest BCUT2D eigenvalue weighted by atomic mass is 9.89. The van der Waals surface area contributed by atoms with Gasteiger partial charge in [0.2, 0.25) is 0 Å². The maximum atomic E-state index is 9.39. The Bertz CT molecular complexity index is 330. The van der Waals surface area contributed by atoms with Crippen LogP contribution in [0.15, 0.2) is 12.1 Å². The lowest BCUT2D eigenvalue weighted by molar-refractivity contribution is 0.378. The highest BCUT2D eigenvalue weighted by Crippen LogP contribution is 2.33. The van der Waals surface area contributed by atoms with E-state index in [2.05, 4.69) is 20.8 Å². The van der Waals surface area contributed by atoms with Gasteiger partial charge in [-0.2, -0.15) is 0 Å². The molecule has 0 saturated carbocycles. The smallest absolute Gasteiger partial charge is 0.152 e. The van der Waals surface area contributed by atoms with Crippen LogP contribution in [0, 0.1) is 5.41 Å². The van der Waals surface area contributed by atoms with Gasteiger partial charge in [-0.3, -0.25) is 0 Å². The molecule has 3 heteroatoms. The van der Waals surface area contributed by atoms with Crippen molar-refractivity contribution in [3.8, 4) is 5.75 Å². The molecule has 0 saturated heterocycles. The first-order chi connectivity index (χ1) is 6.79. The van der Waals surface area contributed by atoms with Crippen molar-refractivity contribution >= 4 is 23.2 Å². The van der Waals surface area contributed by atoms with Gasteiger partial charge in [0.25, 0.3) is 0 Å². The van der Waals surface area contributed by atoms with E-state index in [0.29, 0.717) is 10.0 Å². The predicted octanol–water partition coefficient (Wildman–Crippen LogP) is 4.68. The van der Waals surface area contributed by atoms with Gasteiger partial charge in [-0.1, -0.05) is 44.0 Å². The van der Waals surface area contributed by atoms with Crippen LogP contribution >= 0.6 is 23.2 Å². The van der Waals surface area contributed by atoms with Gasteiger partial charge in [0.1, 0.15) is 0 Å². The van der Waals surface area contributed by atoms with E-state index < -0.39 is 0 Å². The zero-order valence-corrected chi connectivity index (χ0v) is 10.8. The number of phenols is 1. The molecule has 1 N–H and O–H groups in total. The van der Waals surface area contributed by atoms with Crippen LogP contribution in [-0.4, -0.2) is 5.11 Å². The molecule has 0 spiro atoms. The minimum atomic E-state index is -0.0298. The zero-order chi connectivity index (χ0) is 11.6. The van der Waals surface area contributed by atoms with Crippen molar-refractivity contribution in [1.29, 1.82) is 0 Å². The zero-order valence-electron chi connectivity index (χ0n) is 9.27. The first-order valence-electron chi connectivity index (χ1n) is 4.96. The molecule has 84 valence electrons. The van der Waals surface area contributed by atoms with E-state index in [-0.39, 0.29) is 11.2 Å². The fourth-order valence-electron chi connectivity index (χ4n) is 1.28. The van der Waals surface area contributed by atoms with Crippen molar-refractivity contribution in [2.24, 2.45) is 5.41 Å². The lowest BCUT2D eigenvalue weighted by Crippen LogP contribution is -2.06. The maximum Gasteiger partial charge on any atom is 0.152 e. The summed E-state index contributed by atoms with van der Waals surface area (Å²) in [5.41, 5.74) is 1.36. The van der Waals surface area contributed by atoms with Gasteiger partial charge < -0.3 is 5.11 Å². The topological polar surface area (TPSA) is 20.2 Å². The fraction of sp³-hybridized carbons (Fsp3) is 0.500. The number of aromatic hydroxyl groups is 1. The first kappa shape index (κ1) is 12.7. The average Bonchev–Trinajstić information content (AvgIpc) is 2.09. The minimum absolute atomic E-state index is 0.0298. The van der Waals surface area contributed by atoms with Gasteiger partial charge in [-0.05, 0) is 36.0 Å². The number of hydrogen-bond acceptors (Lipinski definition) is 1. The molecule has 0 unspecified atom stereocenters. The summed E-state index contributed by atoms with van der Waals surface area (Å²) < 4.78 is 0. The van der Waals surface area contributed by atoms with Crippen molar-refractivity contribution in [2.75, 3.05) is 0 Å². The van der Waals surface area contributed by atoms with Crippen molar-refractivity contribution in [3.05, 3.63) is 27.7 Å². The molecule has 15 heavy (non-hydrogen) atoms. The summed E-state index contributed by atoms with van der Waals surface area (Å²) in [7, 11) is 0. The Balaban J connectivity index is 2.80. The highest BCUT2D eigenvalue weighted by molar-refractivity contribution is 6.37. The van der Waals surface area contributed by atoms with Crippen LogP contribution in [0.1, 0.15) is 32.8 Å². The van der Waals surface area contributed by atoms with Crippen LogP contribution in [0.4, 0.5) is 0 Å². The molecule has 0 bridgehead atoms. The third-order valence-electron chi connectivity index (χ3n) is 2.24. The van der Waals surface area contributed by atoms with E-state index in [1.165, 1.54) is 0 Å². The van der Waals surface area contributed by atoms with E-state index in [0.717, 1.165) is 18.4 Å². The fourth-order valence-corrected chi connectivity index (χ4v) is 1.81. The quantitative estimate of drug-likeness (QED) is 0.804. The molecule has 0 amide bonds. The molecular formula is C12H16Cl2O. The van der Waals surface area contributed by atoms with Crippen molar-refractivity contribution in [3.63, 3.8) is 0 Å². The number of rotatable bonds is 2. The highest BCUT2D eigenvalue weighted by Gasteiger charge is 2.12. The van der Waals surface area contributed by atoms with Crippen molar-refractivity contribution in [1.82, 2.24) is 0 Å². The van der Waals surface area contributed by atoms with Crippen LogP contribution < -0.4 is 0 Å². The Morgan fingerprint density at radius 2 is 1.60 bits per heavy atom. The SMILES string of the molecule is CC(C)(C)CCc1cc(Cl)c(O)c(Cl)c1. The second-order valence-electron chi connectivity index (χ2n) is 4.97. The molecule has 0 atom stereocenters. The number of benzene rings is 1. The molecule has 0 aliphatic heterocycles. The van der Waals surface area contributed by atoms with E-state index in [4.69, 9.17) is 23.2 Å². The maximum absolute atomic E-state index is 9.39. The van der Waals surface area contributed by atoms with E-state index >= 15 is 0 Å². The van der Waals surface area contributed by atoms with Crippen LogP contribution in [0.5, 0.6) is 5.75 Å². The number of phenolic OH excluding ortho intramolecular Hbond substituents is 1. The summed E-state index contributed by atoms with van der Waals surface area (Å²) in [5.74, 6) is -0.0298. The van der Waals surface area contributed by atoms with Gasteiger partial charge in [-0.25, -0.2) is 0 Å². The molecule has 0 aliphatic carbocycles. The Hall–Kier alpha value is -0.400. The summed E-state index contributed by atoms with van der Waals surface area (Å²) in [6.45, 7) is 6.57. The average molecular weight is 247 g/mol. The van der Waals surface area contributed by atoms with Crippen LogP contribution in [-0.2, 0) is 6.42 Å². The summed E-state index contributed by atoms with van der Waals surface area (Å²) in [5, 5.41) is 10.0. The van der Waals surface area contributed by atoms with Crippen LogP contribution in [0.2, 0.25) is 10.0 Å². The Morgan fingerprint density at radius 3 is 2.00 bits per heavy atom. The second-order valence-corrected chi connectivity index (χ2v) is 5.78. The summed E-state index contributed by atoms with van der Waals surface area (Å²) >= 11 is 11.7. The Kier molecular flexibility index (Phi) is 3.91. The Labute approximate surface area is 101 Å². The van der Waals surface area contributed by atoms with Gasteiger partial charge in [0.05, 0.1) is 10.0 Å². The van der Waals surface area contributed by atoms with Gasteiger partial charge >= 0.3 is 0 Å². The Morgan fingerprint density at radius 1 is 1.13 bits per heavy atom. The molecular weight excluding hydrogens is 231 g/mol. The molecule has 1 nitrogen and oxygen atoms in total. The monoisotopic (exact) mass is 246 g/mol. The van der Waals surface area contributed by atoms with Gasteiger partial charge in [0.15, 0.2) is 5.75 Å². The molecule has 0 aliphatic rings. The van der Waals surface area contributed by atoms with Crippen molar-refractivity contribution < 1.29 is 5.11 Å². The molecule has 0 aromatic heterocycles. The highest BCUT2D eigenvalue weighted by atomic mass is 35.5. The molecule has 0 radical (unpaired) electrons. The van der Waals surface area contributed by atoms with Crippen LogP contribution in [0.25, 0.3) is 0 Å². The van der Waals surface area contributed by atoms with Gasteiger partial charge in [-0.15, -0.1) is 0 Å². The molecule has 1 aromatic rings. The second kappa shape index (κ2) is 4.63. The first-order valence-corrected chi connectivity index (χ1v) is 5.72. The predicted molar refractivity (Wildman–Crippen MR) is 65.9 cm³/mol. The summed E-state index contributed by atoms with van der Waals surface area (Å²) in [4.78, 5) is 0. The third kappa shape index (κ3) is 3.92. The molecule has 0 fully saturated rings. The normalized spacial score (nSPS) is 11.8. The number of halogens is 2. The van der Waals surface area contributed by atoms with Gasteiger partial charge in [0, 0.05) is 0 Å². The third-order valence-corrected chi connectivity index (χ3v) is 2.82. The molecule has 1 aromatic carbocycles. The largest absolute Gasteiger partial charge is 0.505 e. The number of hydrogen-bond donors (Lipinski definition) is 1. The van der Waals surface area contributed by atoms with E-state index in [1.807, 2.05) is 0 Å².